The van der Waals surface area contributed by atoms with E-state index in [1.165, 1.54) is 17.5 Å². The topological polar surface area (TPSA) is 12.9 Å². The molecule has 0 bridgehead atoms. The van der Waals surface area contributed by atoms with Crippen molar-refractivity contribution in [1.29, 1.82) is 0 Å². The van der Waals surface area contributed by atoms with Gasteiger partial charge in [0.25, 0.3) is 0 Å². The monoisotopic (exact) mass is 297 g/mol. The molecule has 1 nitrogen and oxygen atoms in total. The highest BCUT2D eigenvalue weighted by Crippen LogP contribution is 2.19. The molecule has 0 radical (unpaired) electrons. The van der Waals surface area contributed by atoms with Crippen LogP contribution in [-0.4, -0.2) is 4.98 Å². The lowest BCUT2D eigenvalue weighted by molar-refractivity contribution is 0.627. The average Bonchev–Trinajstić information content (AvgIpc) is 2.61. The van der Waals surface area contributed by atoms with E-state index in [2.05, 4.69) is 17.1 Å². The first-order valence-corrected chi connectivity index (χ1v) is 7.90. The van der Waals surface area contributed by atoms with Crippen LogP contribution in [0.3, 0.4) is 0 Å². The number of pyridine rings is 1. The SMILES string of the molecule is CC.CC.Fc1ccc(Cc2nccc3ccccc23)cc1. The number of rotatable bonds is 2. The summed E-state index contributed by atoms with van der Waals surface area (Å²) >= 11 is 0. The van der Waals surface area contributed by atoms with E-state index >= 15 is 0 Å². The van der Waals surface area contributed by atoms with Gasteiger partial charge in [0, 0.05) is 18.0 Å². The molecule has 0 unspecified atom stereocenters. The molecule has 2 heteroatoms. The van der Waals surface area contributed by atoms with Gasteiger partial charge in [0.1, 0.15) is 5.82 Å². The molecule has 0 amide bonds. The summed E-state index contributed by atoms with van der Waals surface area (Å²) < 4.78 is 12.9. The normalized spacial score (nSPS) is 9.32. The van der Waals surface area contributed by atoms with Crippen molar-refractivity contribution in [3.05, 3.63) is 77.9 Å². The maximum atomic E-state index is 12.9. The lowest BCUT2D eigenvalue weighted by Gasteiger charge is -2.05. The van der Waals surface area contributed by atoms with Gasteiger partial charge >= 0.3 is 0 Å². The van der Waals surface area contributed by atoms with E-state index in [9.17, 15) is 4.39 Å². The van der Waals surface area contributed by atoms with Crippen molar-refractivity contribution in [2.75, 3.05) is 0 Å². The Morgan fingerprint density at radius 1 is 0.818 bits per heavy atom. The molecule has 1 aromatic heterocycles. The molecule has 0 atom stereocenters. The number of fused-ring (bicyclic) bond motifs is 1. The first kappa shape index (κ1) is 17.8. The zero-order valence-corrected chi connectivity index (χ0v) is 13.8. The number of hydrogen-bond donors (Lipinski definition) is 0. The van der Waals surface area contributed by atoms with E-state index in [0.29, 0.717) is 0 Å². The van der Waals surface area contributed by atoms with Gasteiger partial charge in [-0.3, -0.25) is 4.98 Å². The Bertz CT molecular complexity index is 669. The van der Waals surface area contributed by atoms with Gasteiger partial charge in [-0.05, 0) is 29.1 Å². The molecule has 2 aromatic carbocycles. The van der Waals surface area contributed by atoms with Crippen LogP contribution in [0.2, 0.25) is 0 Å². The predicted molar refractivity (Wildman–Crippen MR) is 93.6 cm³/mol. The lowest BCUT2D eigenvalue weighted by atomic mass is 10.0. The molecule has 0 spiro atoms. The summed E-state index contributed by atoms with van der Waals surface area (Å²) in [4.78, 5) is 4.43. The fourth-order valence-corrected chi connectivity index (χ4v) is 2.12. The third-order valence-corrected chi connectivity index (χ3v) is 3.04. The van der Waals surface area contributed by atoms with Crippen molar-refractivity contribution in [3.8, 4) is 0 Å². The van der Waals surface area contributed by atoms with Crippen molar-refractivity contribution in [2.24, 2.45) is 0 Å². The van der Waals surface area contributed by atoms with Gasteiger partial charge in [-0.2, -0.15) is 0 Å². The van der Waals surface area contributed by atoms with Gasteiger partial charge in [-0.25, -0.2) is 4.39 Å². The molecule has 116 valence electrons. The van der Waals surface area contributed by atoms with Gasteiger partial charge in [0.15, 0.2) is 0 Å². The van der Waals surface area contributed by atoms with Crippen molar-refractivity contribution >= 4 is 10.8 Å². The molecule has 0 aliphatic heterocycles. The second-order valence-corrected chi connectivity index (χ2v) is 4.28. The number of hydrogen-bond acceptors (Lipinski definition) is 1. The fourth-order valence-electron chi connectivity index (χ4n) is 2.12. The highest BCUT2D eigenvalue weighted by Gasteiger charge is 2.03. The Hall–Kier alpha value is -2.22. The fraction of sp³-hybridized carbons (Fsp3) is 0.250. The van der Waals surface area contributed by atoms with E-state index < -0.39 is 0 Å². The van der Waals surface area contributed by atoms with Crippen LogP contribution in [-0.2, 0) is 6.42 Å². The molecule has 3 rings (SSSR count). The van der Waals surface area contributed by atoms with E-state index in [1.54, 1.807) is 12.1 Å². The number of benzene rings is 2. The van der Waals surface area contributed by atoms with Gasteiger partial charge in [-0.1, -0.05) is 64.1 Å². The first-order valence-electron chi connectivity index (χ1n) is 7.90. The van der Waals surface area contributed by atoms with Crippen molar-refractivity contribution in [1.82, 2.24) is 4.98 Å². The van der Waals surface area contributed by atoms with Crippen LogP contribution in [0.25, 0.3) is 10.8 Å². The molecule has 0 aliphatic rings. The molecule has 3 aromatic rings. The molecule has 0 N–H and O–H groups in total. The summed E-state index contributed by atoms with van der Waals surface area (Å²) in [5, 5.41) is 2.34. The predicted octanol–water partition coefficient (Wildman–Crippen LogP) is 6.02. The molecular formula is C20H24FN. The van der Waals surface area contributed by atoms with Gasteiger partial charge in [0.05, 0.1) is 5.69 Å². The van der Waals surface area contributed by atoms with Gasteiger partial charge < -0.3 is 0 Å². The largest absolute Gasteiger partial charge is 0.260 e. The van der Waals surface area contributed by atoms with E-state index in [-0.39, 0.29) is 5.82 Å². The smallest absolute Gasteiger partial charge is 0.123 e. The Labute approximate surface area is 132 Å². The first-order chi connectivity index (χ1) is 10.8. The van der Waals surface area contributed by atoms with Crippen LogP contribution < -0.4 is 0 Å². The summed E-state index contributed by atoms with van der Waals surface area (Å²) in [6.07, 6.45) is 2.54. The van der Waals surface area contributed by atoms with Crippen LogP contribution in [0.4, 0.5) is 4.39 Å². The summed E-state index contributed by atoms with van der Waals surface area (Å²) in [5.41, 5.74) is 2.10. The highest BCUT2D eigenvalue weighted by molar-refractivity contribution is 5.84. The minimum absolute atomic E-state index is 0.204. The molecule has 1 heterocycles. The Balaban J connectivity index is 0.000000561. The second-order valence-electron chi connectivity index (χ2n) is 4.28. The van der Waals surface area contributed by atoms with Crippen molar-refractivity contribution < 1.29 is 4.39 Å². The molecule has 0 aliphatic carbocycles. The second kappa shape index (κ2) is 9.67. The molecular weight excluding hydrogens is 273 g/mol. The maximum absolute atomic E-state index is 12.9. The quantitative estimate of drug-likeness (QED) is 0.564. The lowest BCUT2D eigenvalue weighted by Crippen LogP contribution is -1.93. The van der Waals surface area contributed by atoms with Crippen LogP contribution in [0, 0.1) is 5.82 Å². The van der Waals surface area contributed by atoms with E-state index in [1.807, 2.05) is 52.1 Å². The van der Waals surface area contributed by atoms with Crippen molar-refractivity contribution in [2.45, 2.75) is 34.1 Å². The third kappa shape index (κ3) is 4.66. The summed E-state index contributed by atoms with van der Waals surface area (Å²) in [7, 11) is 0. The summed E-state index contributed by atoms with van der Waals surface area (Å²) in [6, 6.07) is 16.8. The highest BCUT2D eigenvalue weighted by atomic mass is 19.1. The molecule has 0 saturated carbocycles. The zero-order chi connectivity index (χ0) is 16.4. The van der Waals surface area contributed by atoms with E-state index in [0.717, 1.165) is 23.1 Å². The number of aromatic nitrogens is 1. The molecule has 0 fully saturated rings. The van der Waals surface area contributed by atoms with Crippen LogP contribution in [0.5, 0.6) is 0 Å². The number of halogens is 1. The summed E-state index contributed by atoms with van der Waals surface area (Å²) in [6.45, 7) is 8.00. The minimum atomic E-state index is -0.204. The van der Waals surface area contributed by atoms with Gasteiger partial charge in [0.2, 0.25) is 0 Å². The van der Waals surface area contributed by atoms with Gasteiger partial charge in [-0.15, -0.1) is 0 Å². The Morgan fingerprint density at radius 3 is 2.14 bits per heavy atom. The van der Waals surface area contributed by atoms with Crippen molar-refractivity contribution in [3.63, 3.8) is 0 Å². The minimum Gasteiger partial charge on any atom is -0.260 e. The molecule has 0 saturated heterocycles. The van der Waals surface area contributed by atoms with Crippen LogP contribution in [0.15, 0.2) is 60.8 Å². The van der Waals surface area contributed by atoms with Crippen LogP contribution >= 0.6 is 0 Å². The molecule has 22 heavy (non-hydrogen) atoms. The van der Waals surface area contributed by atoms with Crippen LogP contribution in [0.1, 0.15) is 39.0 Å². The summed E-state index contributed by atoms with van der Waals surface area (Å²) in [5.74, 6) is -0.204. The maximum Gasteiger partial charge on any atom is 0.123 e. The Morgan fingerprint density at radius 2 is 1.45 bits per heavy atom. The number of nitrogens with zero attached hydrogens (tertiary/aromatic N) is 1. The average molecular weight is 297 g/mol. The third-order valence-electron chi connectivity index (χ3n) is 3.04. The zero-order valence-electron chi connectivity index (χ0n) is 13.8. The van der Waals surface area contributed by atoms with E-state index in [4.69, 9.17) is 0 Å². The Kier molecular flexibility index (Phi) is 7.84. The standard InChI is InChI=1S/C16H12FN.2C2H6/c17-14-7-5-12(6-8-14)11-16-15-4-2-1-3-13(15)9-10-18-16;2*1-2/h1-10H,11H2;2*1-2H3.